The van der Waals surface area contributed by atoms with E-state index in [1.165, 1.54) is 6.08 Å². The number of carboxylic acids is 1. The predicted molar refractivity (Wildman–Crippen MR) is 66.2 cm³/mol. The van der Waals surface area contributed by atoms with Gasteiger partial charge in [0.25, 0.3) is 0 Å². The van der Waals surface area contributed by atoms with Crippen LogP contribution in [0.4, 0.5) is 0 Å². The Morgan fingerprint density at radius 3 is 2.67 bits per heavy atom. The van der Waals surface area contributed by atoms with E-state index in [1.807, 2.05) is 0 Å². The van der Waals surface area contributed by atoms with Crippen LogP contribution in [0.5, 0.6) is 0 Å². The first kappa shape index (κ1) is 14.7. The zero-order chi connectivity index (χ0) is 13.7. The third-order valence-corrected chi connectivity index (χ3v) is 3.08. The van der Waals surface area contributed by atoms with Crippen molar-refractivity contribution >= 4 is 29.7 Å². The second-order valence-corrected chi connectivity index (χ2v) is 4.47. The molecule has 0 spiro atoms. The largest absolute Gasteiger partial charge is 0.480 e. The van der Waals surface area contributed by atoms with Crippen LogP contribution in [-0.2, 0) is 19.1 Å². The van der Waals surface area contributed by atoms with Gasteiger partial charge in [-0.2, -0.15) is 0 Å². The van der Waals surface area contributed by atoms with E-state index in [9.17, 15) is 14.4 Å². The Morgan fingerprint density at radius 2 is 2.22 bits per heavy atom. The van der Waals surface area contributed by atoms with Crippen molar-refractivity contribution in [2.45, 2.75) is 12.5 Å². The van der Waals surface area contributed by atoms with Crippen molar-refractivity contribution in [1.82, 2.24) is 5.32 Å². The molecule has 1 aliphatic rings. The summed E-state index contributed by atoms with van der Waals surface area (Å²) in [6.07, 6.45) is 1.60. The zero-order valence-electron chi connectivity index (χ0n) is 9.67. The minimum Gasteiger partial charge on any atom is -0.480 e. The van der Waals surface area contributed by atoms with Crippen LogP contribution in [0.1, 0.15) is 6.42 Å². The summed E-state index contributed by atoms with van der Waals surface area (Å²) in [5, 5.41) is 11.0. The number of aliphatic carboxylic acids is 1. The van der Waals surface area contributed by atoms with Gasteiger partial charge in [-0.3, -0.25) is 14.4 Å². The Hall–Kier alpha value is -1.34. The standard InChI is InChI=1S/C11H15NO5S/c1-2-3-17-10(15)8(11(16)18)6-4-7(9(13)14)12-5-6/h2,6-8,12H,1,3-5H2,(H,13,14)(H,16,18)/t6-,7+,8?/m1/s1. The molecule has 1 aliphatic heterocycles. The van der Waals surface area contributed by atoms with E-state index in [2.05, 4.69) is 24.5 Å². The van der Waals surface area contributed by atoms with E-state index in [-0.39, 0.29) is 19.6 Å². The van der Waals surface area contributed by atoms with E-state index < -0.39 is 34.9 Å². The molecule has 0 radical (unpaired) electrons. The first-order valence-corrected chi connectivity index (χ1v) is 5.88. The van der Waals surface area contributed by atoms with Crippen LogP contribution in [0.25, 0.3) is 0 Å². The molecule has 0 bridgehead atoms. The van der Waals surface area contributed by atoms with E-state index in [1.54, 1.807) is 0 Å². The SMILES string of the molecule is C=CCOC(=O)C(C(=O)S)[C@H]1CN[C@H](C(=O)O)C1. The maximum absolute atomic E-state index is 11.7. The molecule has 1 saturated heterocycles. The van der Waals surface area contributed by atoms with Crippen molar-refractivity contribution in [1.29, 1.82) is 0 Å². The molecule has 0 aromatic rings. The number of thiol groups is 1. The maximum atomic E-state index is 11.7. The van der Waals surface area contributed by atoms with Gasteiger partial charge in [0.1, 0.15) is 18.6 Å². The van der Waals surface area contributed by atoms with Crippen molar-refractivity contribution in [2.75, 3.05) is 13.2 Å². The molecule has 7 heteroatoms. The summed E-state index contributed by atoms with van der Waals surface area (Å²) < 4.78 is 4.82. The van der Waals surface area contributed by atoms with Crippen LogP contribution >= 0.6 is 12.6 Å². The number of esters is 1. The Balaban J connectivity index is 2.69. The summed E-state index contributed by atoms with van der Waals surface area (Å²) >= 11 is 3.67. The van der Waals surface area contributed by atoms with Crippen LogP contribution in [-0.4, -0.2) is 41.4 Å². The van der Waals surface area contributed by atoms with Crippen LogP contribution in [0.2, 0.25) is 0 Å². The Morgan fingerprint density at radius 1 is 1.56 bits per heavy atom. The molecule has 0 aromatic heterocycles. The highest BCUT2D eigenvalue weighted by Crippen LogP contribution is 2.26. The van der Waals surface area contributed by atoms with Crippen LogP contribution in [0.15, 0.2) is 12.7 Å². The molecular weight excluding hydrogens is 258 g/mol. The molecular formula is C11H15NO5S. The quantitative estimate of drug-likeness (QED) is 0.270. The number of carbonyl (C=O) groups is 3. The van der Waals surface area contributed by atoms with E-state index in [0.717, 1.165) is 0 Å². The van der Waals surface area contributed by atoms with Crippen molar-refractivity contribution in [3.05, 3.63) is 12.7 Å². The second-order valence-electron chi connectivity index (χ2n) is 4.03. The summed E-state index contributed by atoms with van der Waals surface area (Å²) in [5.41, 5.74) is 0. The molecule has 1 fully saturated rings. The molecule has 1 rings (SSSR count). The third kappa shape index (κ3) is 3.58. The molecule has 1 unspecified atom stereocenters. The fourth-order valence-electron chi connectivity index (χ4n) is 1.93. The fraction of sp³-hybridized carbons (Fsp3) is 0.545. The number of nitrogens with one attached hydrogen (secondary N) is 1. The minimum absolute atomic E-state index is 0.0128. The molecule has 0 aromatic carbocycles. The average Bonchev–Trinajstić information content (AvgIpc) is 2.75. The minimum atomic E-state index is -1.04. The first-order valence-electron chi connectivity index (χ1n) is 5.44. The smallest absolute Gasteiger partial charge is 0.320 e. The lowest BCUT2D eigenvalue weighted by Gasteiger charge is -2.17. The summed E-state index contributed by atoms with van der Waals surface area (Å²) in [7, 11) is 0. The Bertz CT molecular complexity index is 370. The van der Waals surface area contributed by atoms with Gasteiger partial charge in [0.15, 0.2) is 5.12 Å². The van der Waals surface area contributed by atoms with Gasteiger partial charge < -0.3 is 15.2 Å². The molecule has 18 heavy (non-hydrogen) atoms. The van der Waals surface area contributed by atoms with Crippen LogP contribution < -0.4 is 5.32 Å². The predicted octanol–water partition coefficient (Wildman–Crippen LogP) is -0.149. The van der Waals surface area contributed by atoms with Gasteiger partial charge in [-0.15, -0.1) is 12.6 Å². The number of rotatable bonds is 6. The second kappa shape index (κ2) is 6.55. The van der Waals surface area contributed by atoms with Gasteiger partial charge >= 0.3 is 11.9 Å². The number of carbonyl (C=O) groups excluding carboxylic acids is 2. The molecule has 2 N–H and O–H groups in total. The fourth-order valence-corrected chi connectivity index (χ4v) is 2.25. The van der Waals surface area contributed by atoms with Crippen LogP contribution in [0.3, 0.4) is 0 Å². The van der Waals surface area contributed by atoms with Crippen LogP contribution in [0, 0.1) is 11.8 Å². The highest BCUT2D eigenvalue weighted by molar-refractivity contribution is 7.96. The molecule has 0 amide bonds. The summed E-state index contributed by atoms with van der Waals surface area (Å²) in [6, 6.07) is -0.739. The van der Waals surface area contributed by atoms with Gasteiger partial charge in [-0.25, -0.2) is 0 Å². The first-order chi connectivity index (χ1) is 8.47. The highest BCUT2D eigenvalue weighted by Gasteiger charge is 2.40. The molecule has 6 nitrogen and oxygen atoms in total. The third-order valence-electron chi connectivity index (χ3n) is 2.80. The summed E-state index contributed by atoms with van der Waals surface area (Å²) in [6.45, 7) is 3.69. The average molecular weight is 273 g/mol. The van der Waals surface area contributed by atoms with Gasteiger partial charge in [0.05, 0.1) is 0 Å². The number of hydrogen-bond donors (Lipinski definition) is 3. The number of ether oxygens (including phenoxy) is 1. The lowest BCUT2D eigenvalue weighted by molar-refractivity contribution is -0.151. The molecule has 0 aliphatic carbocycles. The summed E-state index contributed by atoms with van der Waals surface area (Å²) in [4.78, 5) is 33.9. The van der Waals surface area contributed by atoms with E-state index >= 15 is 0 Å². The van der Waals surface area contributed by atoms with Gasteiger partial charge in [-0.1, -0.05) is 12.7 Å². The normalized spacial score (nSPS) is 24.3. The lowest BCUT2D eigenvalue weighted by Crippen LogP contribution is -2.32. The number of hydrogen-bond acceptors (Lipinski definition) is 5. The van der Waals surface area contributed by atoms with Crippen molar-refractivity contribution in [3.63, 3.8) is 0 Å². The van der Waals surface area contributed by atoms with Crippen molar-refractivity contribution in [2.24, 2.45) is 11.8 Å². The highest BCUT2D eigenvalue weighted by atomic mass is 32.1. The zero-order valence-corrected chi connectivity index (χ0v) is 10.6. The van der Waals surface area contributed by atoms with Gasteiger partial charge in [-0.05, 0) is 12.3 Å². The maximum Gasteiger partial charge on any atom is 0.320 e. The van der Waals surface area contributed by atoms with E-state index in [4.69, 9.17) is 9.84 Å². The Labute approximate surface area is 110 Å². The molecule has 0 saturated carbocycles. The van der Waals surface area contributed by atoms with Crippen molar-refractivity contribution in [3.8, 4) is 0 Å². The molecule has 100 valence electrons. The number of carboxylic acid groups (broad SMARTS) is 1. The monoisotopic (exact) mass is 273 g/mol. The lowest BCUT2D eigenvalue weighted by atomic mass is 9.91. The topological polar surface area (TPSA) is 92.7 Å². The Kier molecular flexibility index (Phi) is 5.36. The van der Waals surface area contributed by atoms with Crippen molar-refractivity contribution < 1.29 is 24.2 Å². The van der Waals surface area contributed by atoms with E-state index in [0.29, 0.717) is 0 Å². The van der Waals surface area contributed by atoms with Gasteiger partial charge in [0, 0.05) is 6.54 Å². The van der Waals surface area contributed by atoms with Gasteiger partial charge in [0.2, 0.25) is 0 Å². The molecule has 1 heterocycles. The molecule has 3 atom stereocenters. The summed E-state index contributed by atoms with van der Waals surface area (Å²) in [5.74, 6) is -3.13.